The van der Waals surface area contributed by atoms with Crippen molar-refractivity contribution in [3.05, 3.63) is 11.9 Å². The number of rotatable bonds is 3. The summed E-state index contributed by atoms with van der Waals surface area (Å²) in [7, 11) is 0. The number of hydrogen-bond donors (Lipinski definition) is 2. The van der Waals surface area contributed by atoms with Crippen LogP contribution in [0.3, 0.4) is 0 Å². The zero-order chi connectivity index (χ0) is 9.84. The lowest BCUT2D eigenvalue weighted by Crippen LogP contribution is -2.11. The standard InChI is InChI=1S/C7H9N3O3/c1-4-9-5(8)2-6(10-4)13-3-7(11)12/h2H,3H2,1H3,(H,11,12)(H2,8,9,10). The van der Waals surface area contributed by atoms with Crippen molar-refractivity contribution < 1.29 is 14.6 Å². The van der Waals surface area contributed by atoms with Crippen LogP contribution < -0.4 is 10.5 Å². The summed E-state index contributed by atoms with van der Waals surface area (Å²) in [4.78, 5) is 17.8. The maximum atomic E-state index is 10.1. The third-order valence-corrected chi connectivity index (χ3v) is 1.18. The summed E-state index contributed by atoms with van der Waals surface area (Å²) >= 11 is 0. The Kier molecular flexibility index (Phi) is 2.63. The summed E-state index contributed by atoms with van der Waals surface area (Å²) < 4.78 is 4.80. The summed E-state index contributed by atoms with van der Waals surface area (Å²) in [6, 6.07) is 1.37. The predicted molar refractivity (Wildman–Crippen MR) is 44.3 cm³/mol. The van der Waals surface area contributed by atoms with E-state index in [1.54, 1.807) is 6.92 Å². The van der Waals surface area contributed by atoms with Crippen LogP contribution in [0.15, 0.2) is 6.07 Å². The molecular weight excluding hydrogens is 174 g/mol. The first-order valence-corrected chi connectivity index (χ1v) is 3.53. The fraction of sp³-hybridized carbons (Fsp3) is 0.286. The Morgan fingerprint density at radius 1 is 1.69 bits per heavy atom. The van der Waals surface area contributed by atoms with E-state index in [4.69, 9.17) is 15.6 Å². The zero-order valence-corrected chi connectivity index (χ0v) is 7.02. The molecule has 0 aromatic carbocycles. The van der Waals surface area contributed by atoms with E-state index in [1.165, 1.54) is 6.07 Å². The van der Waals surface area contributed by atoms with Crippen molar-refractivity contribution in [3.8, 4) is 5.88 Å². The van der Waals surface area contributed by atoms with Gasteiger partial charge in [-0.25, -0.2) is 9.78 Å². The number of aliphatic carboxylic acids is 1. The van der Waals surface area contributed by atoms with Gasteiger partial charge in [0, 0.05) is 6.07 Å². The van der Waals surface area contributed by atoms with E-state index in [9.17, 15) is 4.79 Å². The molecule has 1 aromatic rings. The number of carboxylic acids is 1. The molecule has 0 aliphatic heterocycles. The smallest absolute Gasteiger partial charge is 0.341 e. The largest absolute Gasteiger partial charge is 0.479 e. The number of nitrogen functional groups attached to an aromatic ring is 1. The summed E-state index contributed by atoms with van der Waals surface area (Å²) in [5, 5.41) is 8.31. The first kappa shape index (κ1) is 9.24. The van der Waals surface area contributed by atoms with Crippen LogP contribution in [0.4, 0.5) is 5.82 Å². The van der Waals surface area contributed by atoms with Crippen molar-refractivity contribution in [2.75, 3.05) is 12.3 Å². The molecule has 1 heterocycles. The van der Waals surface area contributed by atoms with E-state index in [0.29, 0.717) is 5.82 Å². The lowest BCUT2D eigenvalue weighted by molar-refractivity contribution is -0.139. The molecule has 70 valence electrons. The highest BCUT2D eigenvalue weighted by Gasteiger charge is 2.02. The van der Waals surface area contributed by atoms with Gasteiger partial charge < -0.3 is 15.6 Å². The van der Waals surface area contributed by atoms with Gasteiger partial charge in [-0.15, -0.1) is 0 Å². The van der Waals surface area contributed by atoms with Crippen LogP contribution in [0.2, 0.25) is 0 Å². The molecule has 13 heavy (non-hydrogen) atoms. The zero-order valence-electron chi connectivity index (χ0n) is 7.02. The van der Waals surface area contributed by atoms with Gasteiger partial charge >= 0.3 is 5.97 Å². The van der Waals surface area contributed by atoms with Gasteiger partial charge in [-0.2, -0.15) is 4.98 Å². The number of hydrogen-bond acceptors (Lipinski definition) is 5. The third-order valence-electron chi connectivity index (χ3n) is 1.18. The second kappa shape index (κ2) is 3.70. The number of nitrogens with two attached hydrogens (primary N) is 1. The summed E-state index contributed by atoms with van der Waals surface area (Å²) in [5.74, 6) is -0.185. The number of anilines is 1. The molecule has 1 aromatic heterocycles. The number of carbonyl (C=O) groups is 1. The van der Waals surface area contributed by atoms with Gasteiger partial charge in [-0.05, 0) is 6.92 Å². The average Bonchev–Trinajstić information content (AvgIpc) is 1.99. The van der Waals surface area contributed by atoms with Crippen molar-refractivity contribution in [1.29, 1.82) is 0 Å². The minimum Gasteiger partial charge on any atom is -0.479 e. The molecule has 6 heteroatoms. The average molecular weight is 183 g/mol. The van der Waals surface area contributed by atoms with E-state index < -0.39 is 12.6 Å². The van der Waals surface area contributed by atoms with Crippen LogP contribution in [0, 0.1) is 6.92 Å². The van der Waals surface area contributed by atoms with Gasteiger partial charge in [0.05, 0.1) is 0 Å². The molecule has 6 nitrogen and oxygen atoms in total. The van der Waals surface area contributed by atoms with Crippen molar-refractivity contribution in [3.63, 3.8) is 0 Å². The van der Waals surface area contributed by atoms with E-state index in [-0.39, 0.29) is 11.7 Å². The summed E-state index contributed by atoms with van der Waals surface area (Å²) in [6.45, 7) is 1.21. The maximum absolute atomic E-state index is 10.1. The highest BCUT2D eigenvalue weighted by atomic mass is 16.5. The van der Waals surface area contributed by atoms with Crippen LogP contribution in [0.5, 0.6) is 5.88 Å². The van der Waals surface area contributed by atoms with Crippen molar-refractivity contribution in [2.24, 2.45) is 0 Å². The molecule has 0 bridgehead atoms. The number of nitrogens with zero attached hydrogens (tertiary/aromatic N) is 2. The Morgan fingerprint density at radius 3 is 2.92 bits per heavy atom. The molecule has 0 aliphatic rings. The molecule has 3 N–H and O–H groups in total. The molecule has 0 saturated heterocycles. The molecule has 0 amide bonds. The molecule has 0 radical (unpaired) electrons. The Labute approximate surface area is 74.4 Å². The second-order valence-corrected chi connectivity index (χ2v) is 2.36. The van der Waals surface area contributed by atoms with Crippen molar-refractivity contribution >= 4 is 11.8 Å². The number of aryl methyl sites for hydroxylation is 1. The molecule has 0 fully saturated rings. The molecule has 0 unspecified atom stereocenters. The van der Waals surface area contributed by atoms with Gasteiger partial charge in [0.15, 0.2) is 6.61 Å². The van der Waals surface area contributed by atoms with Crippen molar-refractivity contribution in [2.45, 2.75) is 6.92 Å². The fourth-order valence-corrected chi connectivity index (χ4v) is 0.772. The fourth-order valence-electron chi connectivity index (χ4n) is 0.772. The van der Waals surface area contributed by atoms with Gasteiger partial charge in [-0.3, -0.25) is 0 Å². The predicted octanol–water partition coefficient (Wildman–Crippen LogP) is -0.169. The third kappa shape index (κ3) is 2.94. The van der Waals surface area contributed by atoms with Crippen LogP contribution in [0.1, 0.15) is 5.82 Å². The highest BCUT2D eigenvalue weighted by Crippen LogP contribution is 2.09. The first-order valence-electron chi connectivity index (χ1n) is 3.53. The van der Waals surface area contributed by atoms with Crippen molar-refractivity contribution in [1.82, 2.24) is 9.97 Å². The van der Waals surface area contributed by atoms with Crippen LogP contribution in [-0.4, -0.2) is 27.7 Å². The Balaban J connectivity index is 2.71. The minimum absolute atomic E-state index is 0.174. The lowest BCUT2D eigenvalue weighted by atomic mass is 10.5. The highest BCUT2D eigenvalue weighted by molar-refractivity contribution is 5.68. The van der Waals surface area contributed by atoms with Gasteiger partial charge in [0.25, 0.3) is 0 Å². The van der Waals surface area contributed by atoms with Gasteiger partial charge in [0.2, 0.25) is 5.88 Å². The Morgan fingerprint density at radius 2 is 2.38 bits per heavy atom. The van der Waals surface area contributed by atoms with E-state index >= 15 is 0 Å². The van der Waals surface area contributed by atoms with E-state index in [1.807, 2.05) is 0 Å². The monoisotopic (exact) mass is 183 g/mol. The quantitative estimate of drug-likeness (QED) is 0.675. The molecular formula is C7H9N3O3. The SMILES string of the molecule is Cc1nc(N)cc(OCC(=O)O)n1. The summed E-state index contributed by atoms with van der Waals surface area (Å²) in [5.41, 5.74) is 5.39. The van der Waals surface area contributed by atoms with E-state index in [2.05, 4.69) is 9.97 Å². The van der Waals surface area contributed by atoms with Crippen LogP contribution in [0.25, 0.3) is 0 Å². The van der Waals surface area contributed by atoms with Crippen LogP contribution >= 0.6 is 0 Å². The van der Waals surface area contributed by atoms with E-state index in [0.717, 1.165) is 0 Å². The molecule has 0 saturated carbocycles. The minimum atomic E-state index is -1.06. The lowest BCUT2D eigenvalue weighted by Gasteiger charge is -2.02. The van der Waals surface area contributed by atoms with Crippen LogP contribution in [-0.2, 0) is 4.79 Å². The second-order valence-electron chi connectivity index (χ2n) is 2.36. The molecule has 1 rings (SSSR count). The van der Waals surface area contributed by atoms with Gasteiger partial charge in [-0.1, -0.05) is 0 Å². The Bertz CT molecular complexity index is 307. The maximum Gasteiger partial charge on any atom is 0.341 e. The molecule has 0 spiro atoms. The molecule has 0 atom stereocenters. The van der Waals surface area contributed by atoms with Gasteiger partial charge in [0.1, 0.15) is 11.6 Å². The first-order chi connectivity index (χ1) is 6.08. The molecule has 0 aliphatic carbocycles. The number of aromatic nitrogens is 2. The topological polar surface area (TPSA) is 98.3 Å². The summed E-state index contributed by atoms with van der Waals surface area (Å²) in [6.07, 6.45) is 0. The normalized spacial score (nSPS) is 9.62. The number of ether oxygens (including phenoxy) is 1. The Hall–Kier alpha value is -1.85. The number of carboxylic acid groups (broad SMARTS) is 1.